The molecule has 1 aliphatic heterocycles. The molecule has 8 nitrogen and oxygen atoms in total. The molecule has 1 aliphatic rings. The molecule has 10 heteroatoms. The summed E-state index contributed by atoms with van der Waals surface area (Å²) in [5, 5.41) is 7.54. The van der Waals surface area contributed by atoms with Crippen molar-refractivity contribution in [3.8, 4) is 11.5 Å². The number of carbonyl (C=O) groups excluding carboxylic acids is 2. The van der Waals surface area contributed by atoms with E-state index in [2.05, 4.69) is 10.5 Å². The Kier molecular flexibility index (Phi) is 7.23. The van der Waals surface area contributed by atoms with Crippen molar-refractivity contribution in [3.63, 3.8) is 0 Å². The number of carbonyl (C=O) groups is 2. The van der Waals surface area contributed by atoms with Gasteiger partial charge in [-0.3, -0.25) is 9.59 Å². The van der Waals surface area contributed by atoms with Crippen molar-refractivity contribution in [2.75, 3.05) is 6.79 Å². The van der Waals surface area contributed by atoms with E-state index in [9.17, 15) is 9.59 Å². The molecule has 0 saturated heterocycles. The van der Waals surface area contributed by atoms with Gasteiger partial charge in [0.05, 0.1) is 16.6 Å². The van der Waals surface area contributed by atoms with Crippen molar-refractivity contribution in [2.45, 2.75) is 40.4 Å². The summed E-state index contributed by atoms with van der Waals surface area (Å²) in [4.78, 5) is 27.4. The van der Waals surface area contributed by atoms with E-state index < -0.39 is 11.3 Å². The number of aromatic nitrogens is 1. The lowest BCUT2D eigenvalue weighted by Crippen LogP contribution is -2.38. The maximum absolute atomic E-state index is 13.1. The van der Waals surface area contributed by atoms with E-state index in [0.29, 0.717) is 33.8 Å². The van der Waals surface area contributed by atoms with Crippen LogP contribution in [0.5, 0.6) is 11.5 Å². The van der Waals surface area contributed by atoms with Gasteiger partial charge in [0.1, 0.15) is 0 Å². The zero-order chi connectivity index (χ0) is 25.2. The molecule has 4 rings (SSSR count). The summed E-state index contributed by atoms with van der Waals surface area (Å²) in [5.41, 5.74) is 1.17. The Bertz CT molecular complexity index is 1250. The summed E-state index contributed by atoms with van der Waals surface area (Å²) in [6.07, 6.45) is 0. The molecule has 0 spiro atoms. The van der Waals surface area contributed by atoms with Gasteiger partial charge in [0.25, 0.3) is 5.91 Å². The molecule has 0 radical (unpaired) electrons. The van der Waals surface area contributed by atoms with Gasteiger partial charge in [0, 0.05) is 24.6 Å². The highest BCUT2D eigenvalue weighted by Crippen LogP contribution is 2.32. The smallest absolute Gasteiger partial charge is 0.273 e. The van der Waals surface area contributed by atoms with Crippen molar-refractivity contribution in [1.82, 2.24) is 15.4 Å². The van der Waals surface area contributed by atoms with Crippen LogP contribution in [0.2, 0.25) is 10.0 Å². The Morgan fingerprint density at radius 1 is 0.971 bits per heavy atom. The van der Waals surface area contributed by atoms with Crippen LogP contribution in [0.4, 0.5) is 0 Å². The molecule has 0 unspecified atom stereocenters. The van der Waals surface area contributed by atoms with E-state index in [1.165, 1.54) is 6.07 Å². The molecule has 1 N–H and O–H groups in total. The first-order valence-corrected chi connectivity index (χ1v) is 11.7. The second-order valence-corrected chi connectivity index (χ2v) is 10.0. The SMILES string of the molecule is CC(C)(C)C(=O)N(Cc1ccc(Cl)c(Cl)c1)Cc1cc(C(=O)NCc2ccc3c(c2)OCO3)no1. The molecule has 0 atom stereocenters. The van der Waals surface area contributed by atoms with Crippen LogP contribution in [-0.2, 0) is 24.4 Å². The maximum Gasteiger partial charge on any atom is 0.273 e. The molecule has 2 heterocycles. The van der Waals surface area contributed by atoms with Crippen LogP contribution in [0, 0.1) is 5.41 Å². The van der Waals surface area contributed by atoms with E-state index in [1.807, 2.05) is 39.0 Å². The first-order valence-electron chi connectivity index (χ1n) is 11.0. The molecule has 0 fully saturated rings. The third kappa shape index (κ3) is 6.07. The molecule has 3 aromatic rings. The van der Waals surface area contributed by atoms with Crippen molar-refractivity contribution >= 4 is 35.0 Å². The van der Waals surface area contributed by atoms with Gasteiger partial charge >= 0.3 is 0 Å². The fourth-order valence-electron chi connectivity index (χ4n) is 3.54. The third-order valence-corrected chi connectivity index (χ3v) is 6.05. The van der Waals surface area contributed by atoms with E-state index in [4.69, 9.17) is 37.2 Å². The first-order chi connectivity index (χ1) is 16.6. The molecule has 2 amide bonds. The summed E-state index contributed by atoms with van der Waals surface area (Å²) in [6.45, 7) is 6.42. The predicted molar refractivity (Wildman–Crippen MR) is 130 cm³/mol. The molecule has 35 heavy (non-hydrogen) atoms. The van der Waals surface area contributed by atoms with Gasteiger partial charge in [0.15, 0.2) is 23.0 Å². The number of benzene rings is 2. The first kappa shape index (κ1) is 24.9. The van der Waals surface area contributed by atoms with E-state index in [1.54, 1.807) is 23.1 Å². The number of hydrogen-bond donors (Lipinski definition) is 1. The molecule has 1 aromatic heterocycles. The van der Waals surface area contributed by atoms with Gasteiger partial charge in [-0.25, -0.2) is 0 Å². The van der Waals surface area contributed by atoms with Crippen molar-refractivity contribution < 1.29 is 23.6 Å². The summed E-state index contributed by atoms with van der Waals surface area (Å²) in [5.74, 6) is 1.23. The number of nitrogens with zero attached hydrogens (tertiary/aromatic N) is 2. The lowest BCUT2D eigenvalue weighted by molar-refractivity contribution is -0.141. The van der Waals surface area contributed by atoms with Crippen LogP contribution in [0.15, 0.2) is 47.0 Å². The third-order valence-electron chi connectivity index (χ3n) is 5.31. The van der Waals surface area contributed by atoms with Crippen LogP contribution < -0.4 is 14.8 Å². The highest BCUT2D eigenvalue weighted by Gasteiger charge is 2.29. The fourth-order valence-corrected chi connectivity index (χ4v) is 3.86. The van der Waals surface area contributed by atoms with Crippen LogP contribution in [0.25, 0.3) is 0 Å². The van der Waals surface area contributed by atoms with Gasteiger partial charge in [-0.15, -0.1) is 0 Å². The highest BCUT2D eigenvalue weighted by atomic mass is 35.5. The zero-order valence-electron chi connectivity index (χ0n) is 19.6. The summed E-state index contributed by atoms with van der Waals surface area (Å²) >= 11 is 12.2. The summed E-state index contributed by atoms with van der Waals surface area (Å²) in [6, 6.07) is 12.2. The van der Waals surface area contributed by atoms with E-state index >= 15 is 0 Å². The minimum atomic E-state index is -0.624. The van der Waals surface area contributed by atoms with E-state index in [0.717, 1.165) is 11.1 Å². The second-order valence-electron chi connectivity index (χ2n) is 9.21. The summed E-state index contributed by atoms with van der Waals surface area (Å²) in [7, 11) is 0. The van der Waals surface area contributed by atoms with Crippen molar-refractivity contribution in [3.05, 3.63) is 75.1 Å². The Labute approximate surface area is 213 Å². The van der Waals surface area contributed by atoms with E-state index in [-0.39, 0.29) is 31.5 Å². The van der Waals surface area contributed by atoms with Crippen LogP contribution in [-0.4, -0.2) is 28.7 Å². The number of ether oxygens (including phenoxy) is 2. The van der Waals surface area contributed by atoms with Crippen LogP contribution in [0.1, 0.15) is 48.1 Å². The monoisotopic (exact) mass is 517 g/mol. The Balaban J connectivity index is 1.43. The van der Waals surface area contributed by atoms with Gasteiger partial charge in [-0.1, -0.05) is 61.3 Å². The average molecular weight is 518 g/mol. The number of rotatable bonds is 7. The lowest BCUT2D eigenvalue weighted by Gasteiger charge is -2.29. The Morgan fingerprint density at radius 2 is 1.71 bits per heavy atom. The predicted octanol–water partition coefficient (Wildman–Crippen LogP) is 5.22. The second kappa shape index (κ2) is 10.2. The lowest BCUT2D eigenvalue weighted by atomic mass is 9.94. The standard InChI is InChI=1S/C25H25Cl2N3O5/c1-25(2,3)24(32)30(12-16-4-6-18(26)19(27)8-16)13-17-10-20(29-35-17)23(31)28-11-15-5-7-21-22(9-15)34-14-33-21/h4-10H,11-14H2,1-3H3,(H,28,31). The van der Waals surface area contributed by atoms with Crippen molar-refractivity contribution in [1.29, 1.82) is 0 Å². The molecule has 0 saturated carbocycles. The minimum absolute atomic E-state index is 0.0891. The number of halogens is 2. The Hall–Kier alpha value is -3.23. The number of fused-ring (bicyclic) bond motifs is 1. The van der Waals surface area contributed by atoms with Gasteiger partial charge < -0.3 is 24.2 Å². The van der Waals surface area contributed by atoms with Gasteiger partial charge in [-0.2, -0.15) is 0 Å². The Morgan fingerprint density at radius 3 is 2.46 bits per heavy atom. The molecular weight excluding hydrogens is 493 g/mol. The normalized spacial score (nSPS) is 12.5. The maximum atomic E-state index is 13.1. The quantitative estimate of drug-likeness (QED) is 0.461. The highest BCUT2D eigenvalue weighted by molar-refractivity contribution is 6.42. The molecule has 0 bridgehead atoms. The van der Waals surface area contributed by atoms with Gasteiger partial charge in [0.2, 0.25) is 12.7 Å². The average Bonchev–Trinajstić information content (AvgIpc) is 3.47. The topological polar surface area (TPSA) is 93.9 Å². The molecular formula is C25H25Cl2N3O5. The largest absolute Gasteiger partial charge is 0.454 e. The van der Waals surface area contributed by atoms with Crippen LogP contribution in [0.3, 0.4) is 0 Å². The fraction of sp³-hybridized carbons (Fsp3) is 0.320. The zero-order valence-corrected chi connectivity index (χ0v) is 21.1. The molecule has 0 aliphatic carbocycles. The van der Waals surface area contributed by atoms with Crippen molar-refractivity contribution in [2.24, 2.45) is 5.41 Å². The van der Waals surface area contributed by atoms with Crippen LogP contribution >= 0.6 is 23.2 Å². The molecule has 2 aromatic carbocycles. The molecule has 184 valence electrons. The number of hydrogen-bond acceptors (Lipinski definition) is 6. The summed E-state index contributed by atoms with van der Waals surface area (Å²) < 4.78 is 16.0. The van der Waals surface area contributed by atoms with Gasteiger partial charge in [-0.05, 0) is 35.4 Å². The number of nitrogens with one attached hydrogen (secondary N) is 1. The minimum Gasteiger partial charge on any atom is -0.454 e. The number of amides is 2.